The Kier molecular flexibility index (Phi) is 6.02. The van der Waals surface area contributed by atoms with Gasteiger partial charge in [-0.15, -0.1) is 0 Å². The molecule has 3 unspecified atom stereocenters. The topological polar surface area (TPSA) is 127 Å². The minimum atomic E-state index is -1.63. The van der Waals surface area contributed by atoms with Crippen molar-refractivity contribution in [3.8, 4) is 0 Å². The summed E-state index contributed by atoms with van der Waals surface area (Å²) < 4.78 is 0. The van der Waals surface area contributed by atoms with Gasteiger partial charge in [0.2, 0.25) is 11.8 Å². The van der Waals surface area contributed by atoms with Crippen molar-refractivity contribution in [2.75, 3.05) is 6.61 Å². The van der Waals surface area contributed by atoms with Gasteiger partial charge in [0, 0.05) is 6.92 Å². The zero-order chi connectivity index (χ0) is 12.0. The first-order valence-corrected chi connectivity index (χ1v) is 4.34. The van der Waals surface area contributed by atoms with Crippen LogP contribution in [0.5, 0.6) is 0 Å². The number of amides is 2. The van der Waals surface area contributed by atoms with Crippen LogP contribution in [0.15, 0.2) is 0 Å². The lowest BCUT2D eigenvalue weighted by Gasteiger charge is -2.20. The quantitative estimate of drug-likeness (QED) is 0.339. The van der Waals surface area contributed by atoms with Crippen molar-refractivity contribution in [1.82, 2.24) is 5.32 Å². The Hall–Kier alpha value is -1.02. The van der Waals surface area contributed by atoms with Crippen molar-refractivity contribution >= 4 is 11.8 Å². The highest BCUT2D eigenvalue weighted by molar-refractivity contribution is 5.94. The van der Waals surface area contributed by atoms with E-state index in [4.69, 9.17) is 15.3 Å². The number of hydrogen-bond donors (Lipinski definition) is 5. The second-order valence-corrected chi connectivity index (χ2v) is 3.12. The first kappa shape index (κ1) is 14.0. The number of aliphatic hydroxyl groups excluding tert-OH is 4. The van der Waals surface area contributed by atoms with Crippen LogP contribution in [0.1, 0.15) is 13.3 Å². The van der Waals surface area contributed by atoms with E-state index >= 15 is 0 Å². The van der Waals surface area contributed by atoms with E-state index in [1.54, 1.807) is 0 Å². The molecule has 0 aromatic rings. The lowest BCUT2D eigenvalue weighted by atomic mass is 10.1. The van der Waals surface area contributed by atoms with Crippen molar-refractivity contribution in [2.24, 2.45) is 0 Å². The monoisotopic (exact) mass is 221 g/mol. The second-order valence-electron chi connectivity index (χ2n) is 3.12. The van der Waals surface area contributed by atoms with Crippen LogP contribution in [0, 0.1) is 0 Å². The summed E-state index contributed by atoms with van der Waals surface area (Å²) in [5.41, 5.74) is 0. The third-order valence-electron chi connectivity index (χ3n) is 1.69. The molecule has 7 nitrogen and oxygen atoms in total. The van der Waals surface area contributed by atoms with Gasteiger partial charge in [-0.05, 0) is 0 Å². The highest BCUT2D eigenvalue weighted by atomic mass is 16.4. The van der Waals surface area contributed by atoms with Crippen LogP contribution in [0.25, 0.3) is 0 Å². The molecule has 0 aliphatic heterocycles. The van der Waals surface area contributed by atoms with Gasteiger partial charge in [-0.3, -0.25) is 14.9 Å². The number of hydrogen-bond acceptors (Lipinski definition) is 6. The highest BCUT2D eigenvalue weighted by Gasteiger charge is 2.26. The van der Waals surface area contributed by atoms with Crippen LogP contribution in [-0.2, 0) is 9.59 Å². The largest absolute Gasteiger partial charge is 0.394 e. The van der Waals surface area contributed by atoms with Gasteiger partial charge < -0.3 is 20.4 Å². The molecule has 15 heavy (non-hydrogen) atoms. The predicted molar refractivity (Wildman–Crippen MR) is 48.5 cm³/mol. The average Bonchev–Trinajstić information content (AvgIpc) is 2.13. The van der Waals surface area contributed by atoms with Crippen molar-refractivity contribution in [3.05, 3.63) is 0 Å². The zero-order valence-electron chi connectivity index (χ0n) is 8.25. The third-order valence-corrected chi connectivity index (χ3v) is 1.69. The van der Waals surface area contributed by atoms with E-state index < -0.39 is 43.2 Å². The van der Waals surface area contributed by atoms with E-state index in [1.807, 2.05) is 5.32 Å². The lowest BCUT2D eigenvalue weighted by Crippen LogP contribution is -2.42. The van der Waals surface area contributed by atoms with Gasteiger partial charge >= 0.3 is 0 Å². The predicted octanol–water partition coefficient (Wildman–Crippen LogP) is -2.89. The summed E-state index contributed by atoms with van der Waals surface area (Å²) in [6.45, 7) is 0.399. The first-order valence-electron chi connectivity index (χ1n) is 4.34. The van der Waals surface area contributed by atoms with Crippen LogP contribution in [-0.4, -0.2) is 57.2 Å². The van der Waals surface area contributed by atoms with E-state index in [0.717, 1.165) is 6.92 Å². The van der Waals surface area contributed by atoms with E-state index in [2.05, 4.69) is 0 Å². The van der Waals surface area contributed by atoms with E-state index in [0.29, 0.717) is 0 Å². The van der Waals surface area contributed by atoms with Gasteiger partial charge in [-0.2, -0.15) is 0 Å². The first-order chi connectivity index (χ1) is 6.88. The molecule has 0 saturated carbocycles. The fourth-order valence-corrected chi connectivity index (χ4v) is 0.922. The van der Waals surface area contributed by atoms with Crippen LogP contribution < -0.4 is 5.32 Å². The Morgan fingerprint density at radius 1 is 1.20 bits per heavy atom. The van der Waals surface area contributed by atoms with Crippen molar-refractivity contribution in [3.63, 3.8) is 0 Å². The summed E-state index contributed by atoms with van der Waals surface area (Å²) in [6, 6.07) is 0. The van der Waals surface area contributed by atoms with Gasteiger partial charge in [0.05, 0.1) is 19.1 Å². The number of carbonyl (C=O) groups is 2. The number of nitrogens with one attached hydrogen (secondary N) is 1. The normalized spacial score (nSPS) is 16.6. The van der Waals surface area contributed by atoms with Crippen molar-refractivity contribution < 1.29 is 30.0 Å². The average molecular weight is 221 g/mol. The maximum atomic E-state index is 10.9. The minimum Gasteiger partial charge on any atom is -0.394 e. The van der Waals surface area contributed by atoms with Crippen LogP contribution in [0.3, 0.4) is 0 Å². The molecular formula is C8H15NO6. The zero-order valence-corrected chi connectivity index (χ0v) is 8.25. The summed E-state index contributed by atoms with van der Waals surface area (Å²) in [4.78, 5) is 21.4. The molecule has 0 bridgehead atoms. The minimum absolute atomic E-state index is 0.530. The molecule has 0 saturated heterocycles. The van der Waals surface area contributed by atoms with Crippen molar-refractivity contribution in [1.29, 1.82) is 0 Å². The molecule has 2 amide bonds. The Bertz CT molecular complexity index is 231. The Morgan fingerprint density at radius 2 is 1.73 bits per heavy atom. The number of rotatable bonds is 5. The Labute approximate surface area is 86.3 Å². The molecule has 0 spiro atoms. The van der Waals surface area contributed by atoms with Gasteiger partial charge in [0.15, 0.2) is 0 Å². The molecule has 0 aliphatic carbocycles. The van der Waals surface area contributed by atoms with E-state index in [1.165, 1.54) is 0 Å². The molecule has 0 heterocycles. The summed E-state index contributed by atoms with van der Waals surface area (Å²) in [7, 11) is 0. The fourth-order valence-electron chi connectivity index (χ4n) is 0.922. The van der Waals surface area contributed by atoms with Gasteiger partial charge in [-0.1, -0.05) is 0 Å². The summed E-state index contributed by atoms with van der Waals surface area (Å²) >= 11 is 0. The van der Waals surface area contributed by atoms with Gasteiger partial charge in [0.1, 0.15) is 12.2 Å². The van der Waals surface area contributed by atoms with E-state index in [-0.39, 0.29) is 0 Å². The van der Waals surface area contributed by atoms with Crippen LogP contribution in [0.2, 0.25) is 0 Å². The molecule has 0 aromatic carbocycles. The SMILES string of the molecule is CC(=O)NC(=O)CC(O)C(O)C(O)CO. The van der Waals surface area contributed by atoms with Gasteiger partial charge in [-0.25, -0.2) is 0 Å². The highest BCUT2D eigenvalue weighted by Crippen LogP contribution is 2.03. The summed E-state index contributed by atoms with van der Waals surface area (Å²) in [5, 5.41) is 37.6. The number of carbonyl (C=O) groups excluding carboxylic acids is 2. The maximum absolute atomic E-state index is 10.9. The lowest BCUT2D eigenvalue weighted by molar-refractivity contribution is -0.133. The molecule has 0 radical (unpaired) electrons. The summed E-state index contributed by atoms with van der Waals surface area (Å²) in [5.74, 6) is -1.34. The number of aliphatic hydroxyl groups is 4. The molecule has 88 valence electrons. The maximum Gasteiger partial charge on any atom is 0.229 e. The Morgan fingerprint density at radius 3 is 2.13 bits per heavy atom. The molecule has 5 N–H and O–H groups in total. The molecule has 3 atom stereocenters. The third kappa shape index (κ3) is 5.43. The molecular weight excluding hydrogens is 206 g/mol. The van der Waals surface area contributed by atoms with Crippen LogP contribution >= 0.6 is 0 Å². The summed E-state index contributed by atoms with van der Waals surface area (Å²) in [6.07, 6.45) is -5.22. The number of imide groups is 1. The molecule has 0 rings (SSSR count). The Balaban J connectivity index is 4.06. The van der Waals surface area contributed by atoms with Crippen LogP contribution in [0.4, 0.5) is 0 Å². The fraction of sp³-hybridized carbons (Fsp3) is 0.750. The molecule has 0 fully saturated rings. The van der Waals surface area contributed by atoms with Gasteiger partial charge in [0.25, 0.3) is 0 Å². The van der Waals surface area contributed by atoms with Crippen molar-refractivity contribution in [2.45, 2.75) is 31.7 Å². The standard InChI is InChI=1S/C8H15NO6/c1-4(11)9-7(14)2-5(12)8(15)6(13)3-10/h5-6,8,10,12-13,15H,2-3H2,1H3,(H,9,11,14). The molecule has 0 aromatic heterocycles. The molecule has 7 heteroatoms. The second kappa shape index (κ2) is 6.46. The smallest absolute Gasteiger partial charge is 0.229 e. The van der Waals surface area contributed by atoms with E-state index in [9.17, 15) is 14.7 Å². The molecule has 0 aliphatic rings.